The van der Waals surface area contributed by atoms with Crippen LogP contribution in [0.2, 0.25) is 36.3 Å². The number of hydrogen-bond donors (Lipinski definition) is 4. The van der Waals surface area contributed by atoms with Crippen molar-refractivity contribution < 1.29 is 58.1 Å². The predicted molar refractivity (Wildman–Crippen MR) is 225 cm³/mol. The van der Waals surface area contributed by atoms with Crippen LogP contribution in [0.1, 0.15) is 72.9 Å². The van der Waals surface area contributed by atoms with Gasteiger partial charge in [-0.2, -0.15) is 0 Å². The van der Waals surface area contributed by atoms with Gasteiger partial charge in [-0.3, -0.25) is 28.9 Å². The molecule has 2 aliphatic heterocycles. The number of rotatable bonds is 10. The zero-order valence-corrected chi connectivity index (χ0v) is 37.2. The smallest absolute Gasteiger partial charge is 0.249 e. The van der Waals surface area contributed by atoms with E-state index in [-0.39, 0.29) is 55.2 Å². The van der Waals surface area contributed by atoms with Crippen LogP contribution in [0.15, 0.2) is 72.8 Å². The average Bonchev–Trinajstić information content (AvgIpc) is 3.14. The van der Waals surface area contributed by atoms with Crippen molar-refractivity contribution in [3.8, 4) is 0 Å². The van der Waals surface area contributed by atoms with E-state index in [0.717, 1.165) is 16.2 Å². The lowest BCUT2D eigenvalue weighted by Gasteiger charge is -2.59. The van der Waals surface area contributed by atoms with Gasteiger partial charge in [-0.05, 0) is 59.5 Å². The molecule has 6 rings (SSSR count). The summed E-state index contributed by atoms with van der Waals surface area (Å²) in [5, 5.41) is 45.1. The zero-order chi connectivity index (χ0) is 43.2. The number of β-lactam (4-membered cyclic amide) rings is 2. The maximum Gasteiger partial charge on any atom is 0.249 e. The number of benzene rings is 2. The first-order chi connectivity index (χ1) is 26.8. The highest BCUT2D eigenvalue weighted by molar-refractivity contribution is 6.74. The fourth-order valence-electron chi connectivity index (χ4n) is 6.93. The summed E-state index contributed by atoms with van der Waals surface area (Å²) in [6.45, 7) is 20.3. The summed E-state index contributed by atoms with van der Waals surface area (Å²) in [5.41, 5.74) is -1.01. The minimum atomic E-state index is -2.51. The second-order valence-electron chi connectivity index (χ2n) is 18.7. The van der Waals surface area contributed by atoms with E-state index in [9.17, 15) is 39.6 Å². The molecular weight excluding hydrogens is 793 g/mol. The van der Waals surface area contributed by atoms with Crippen LogP contribution in [-0.2, 0) is 50.9 Å². The monoisotopic (exact) mass is 856 g/mol. The number of Topliss-reactive ketones (excluding diaryl/α,β-unsaturated/α-hetero) is 1. The van der Waals surface area contributed by atoms with E-state index >= 15 is 0 Å². The van der Waals surface area contributed by atoms with Gasteiger partial charge >= 0.3 is 0 Å². The van der Waals surface area contributed by atoms with Crippen molar-refractivity contribution >= 4 is 40.0 Å². The summed E-state index contributed by atoms with van der Waals surface area (Å²) < 4.78 is 12.4. The van der Waals surface area contributed by atoms with Crippen LogP contribution in [-0.4, -0.2) is 118 Å². The highest BCUT2D eigenvalue weighted by Crippen LogP contribution is 2.48. The third-order valence-corrected chi connectivity index (χ3v) is 21.6. The third-order valence-electron chi connectivity index (χ3n) is 12.7. The van der Waals surface area contributed by atoms with E-state index < -0.39 is 76.0 Å². The lowest BCUT2D eigenvalue weighted by molar-refractivity contribution is -0.319. The number of carbonyl (C=O) groups excluding carboxylic acids is 4. The maximum atomic E-state index is 12.7. The number of carbonyl (C=O) groups is 4. The Bertz CT molecular complexity index is 1860. The molecule has 8 atom stereocenters. The molecule has 2 saturated heterocycles. The number of aliphatic hydroxyl groups is 4. The topological polar surface area (TPSA) is 193 Å². The molecule has 2 aromatic carbocycles. The van der Waals surface area contributed by atoms with Crippen LogP contribution >= 0.6 is 0 Å². The highest BCUT2D eigenvalue weighted by atomic mass is 28.4. The Hall–Kier alpha value is -3.43. The number of hydroxylamine groups is 4. The Labute approximate surface area is 350 Å². The van der Waals surface area contributed by atoms with Crippen LogP contribution in [0.3, 0.4) is 0 Å². The molecule has 59 heavy (non-hydrogen) atoms. The van der Waals surface area contributed by atoms with Crippen molar-refractivity contribution in [3.05, 3.63) is 83.9 Å². The number of hydrogen-bond acceptors (Lipinski definition) is 12. The molecule has 2 spiro atoms. The van der Waals surface area contributed by atoms with Crippen molar-refractivity contribution in [1.29, 1.82) is 0 Å². The van der Waals surface area contributed by atoms with Gasteiger partial charge in [-0.1, -0.05) is 110 Å². The van der Waals surface area contributed by atoms with Crippen LogP contribution < -0.4 is 0 Å². The summed E-state index contributed by atoms with van der Waals surface area (Å²) in [6.07, 6.45) is -5.73. The second-order valence-corrected chi connectivity index (χ2v) is 28.3. The van der Waals surface area contributed by atoms with Gasteiger partial charge in [0.15, 0.2) is 28.2 Å². The van der Waals surface area contributed by atoms with Gasteiger partial charge in [-0.15, -0.1) is 0 Å². The molecule has 2 aliphatic carbocycles. The van der Waals surface area contributed by atoms with Gasteiger partial charge in [0.05, 0.1) is 12.8 Å². The number of ketones is 2. The van der Waals surface area contributed by atoms with E-state index in [0.29, 0.717) is 0 Å². The van der Waals surface area contributed by atoms with Crippen molar-refractivity contribution in [2.75, 3.05) is 0 Å². The van der Waals surface area contributed by atoms with Crippen LogP contribution in [0.4, 0.5) is 0 Å². The van der Waals surface area contributed by atoms with Crippen LogP contribution in [0, 0.1) is 0 Å². The average molecular weight is 857 g/mol. The maximum absolute atomic E-state index is 12.7. The van der Waals surface area contributed by atoms with Gasteiger partial charge in [0.2, 0.25) is 11.8 Å². The molecule has 4 aliphatic rings. The Balaban J connectivity index is 0.000000257. The summed E-state index contributed by atoms with van der Waals surface area (Å²) in [6, 6.07) is 18.6. The molecule has 0 bridgehead atoms. The van der Waals surface area contributed by atoms with Gasteiger partial charge < -0.3 is 29.3 Å². The minimum absolute atomic E-state index is 0. The number of nitrogens with zero attached hydrogens (tertiary/aromatic N) is 2. The van der Waals surface area contributed by atoms with Crippen molar-refractivity contribution in [3.63, 3.8) is 0 Å². The molecule has 2 amide bonds. The predicted octanol–water partition coefficient (Wildman–Crippen LogP) is 4.76. The SMILES string of the molecule is C.CC(C)(C)[Si](C)(C)O[C@@H]1C(=O)C=C[C@]2(CC(=O)N2OCc2ccccc2)[C@@H]1O.CC(C)(C)[Si](C)(C)O[C@@H]1C(=O)[C@@H](O)[C@@H](O)[C@]2(CC(=O)N2OCc2ccccc2)[C@@H]1O. The molecule has 4 N–H and O–H groups in total. The molecule has 1 saturated carbocycles. The van der Waals surface area contributed by atoms with Gasteiger partial charge in [0, 0.05) is 0 Å². The number of aliphatic hydroxyl groups excluding tert-OH is 4. The lowest BCUT2D eigenvalue weighted by Crippen LogP contribution is -2.82. The summed E-state index contributed by atoms with van der Waals surface area (Å²) in [5.74, 6) is -1.73. The first kappa shape index (κ1) is 48.2. The molecule has 3 fully saturated rings. The Morgan fingerprint density at radius 3 is 1.53 bits per heavy atom. The lowest BCUT2D eigenvalue weighted by atomic mass is 9.67. The largest absolute Gasteiger partial charge is 0.404 e. The van der Waals surface area contributed by atoms with Crippen molar-refractivity contribution in [2.24, 2.45) is 0 Å². The molecule has 0 unspecified atom stereocenters. The van der Waals surface area contributed by atoms with Crippen LogP contribution in [0.25, 0.3) is 0 Å². The molecule has 16 heteroatoms. The third kappa shape index (κ3) is 9.12. The molecule has 0 radical (unpaired) electrons. The van der Waals surface area contributed by atoms with Crippen LogP contribution in [0.5, 0.6) is 0 Å². The Morgan fingerprint density at radius 1 is 0.644 bits per heavy atom. The van der Waals surface area contributed by atoms with E-state index in [4.69, 9.17) is 18.5 Å². The highest BCUT2D eigenvalue weighted by Gasteiger charge is 2.70. The number of amides is 2. The minimum Gasteiger partial charge on any atom is -0.404 e. The van der Waals surface area contributed by atoms with Gasteiger partial charge in [0.1, 0.15) is 60.9 Å². The summed E-state index contributed by atoms with van der Waals surface area (Å²) in [7, 11) is -4.80. The Morgan fingerprint density at radius 2 is 1.08 bits per heavy atom. The van der Waals surface area contributed by atoms with Crippen molar-refractivity contribution in [1.82, 2.24) is 10.1 Å². The van der Waals surface area contributed by atoms with E-state index in [2.05, 4.69) is 20.8 Å². The Kier molecular flexibility index (Phi) is 14.3. The van der Waals surface area contributed by atoms with Crippen molar-refractivity contribution in [2.45, 2.75) is 159 Å². The summed E-state index contributed by atoms with van der Waals surface area (Å²) >= 11 is 0. The summed E-state index contributed by atoms with van der Waals surface area (Å²) in [4.78, 5) is 61.2. The molecule has 14 nitrogen and oxygen atoms in total. The first-order valence-corrected chi connectivity index (χ1v) is 25.5. The van der Waals surface area contributed by atoms with E-state index in [1.165, 1.54) is 11.1 Å². The van der Waals surface area contributed by atoms with Gasteiger partial charge in [-0.25, -0.2) is 10.1 Å². The first-order valence-electron chi connectivity index (χ1n) is 19.7. The molecule has 2 aromatic rings. The quantitative estimate of drug-likeness (QED) is 0.190. The molecular formula is C43H64N2O12Si2. The van der Waals surface area contributed by atoms with Gasteiger partial charge in [0.25, 0.3) is 0 Å². The molecule has 2 heterocycles. The van der Waals surface area contributed by atoms with E-state index in [1.807, 2.05) is 108 Å². The van der Waals surface area contributed by atoms with E-state index in [1.54, 1.807) is 6.08 Å². The normalized spacial score (nSPS) is 29.8. The fourth-order valence-corrected chi connectivity index (χ4v) is 9.39. The molecule has 326 valence electrons. The standard InChI is InChI=1S/C21H31NO7Si.C21H29NO5Si.CH4/c1-20(2,3)30(4,5)29-17-15(24)16(25)18(26)21(19(17)27)11-14(23)22(21)28-12-13-9-7-6-8-10-13;1-20(2,3)28(4,5)27-18-16(23)11-12-21(19(18)25)13-17(24)22(21)26-14-15-9-7-6-8-10-15;/h6-10,16-19,25-27H,11-12H2,1-5H3;6-12,18-19,25H,13-14H2,1-5H3;1H4/t16-,17-,18-,19-,21-;18-,19-,21+;/m11./s1. The zero-order valence-electron chi connectivity index (χ0n) is 35.2. The second kappa shape index (κ2) is 17.5. The fraction of sp³-hybridized carbons (Fsp3) is 0.581. The molecule has 0 aromatic heterocycles.